The van der Waals surface area contributed by atoms with E-state index in [-0.39, 0.29) is 0 Å². The van der Waals surface area contributed by atoms with E-state index in [0.29, 0.717) is 13.1 Å². The maximum atomic E-state index is 9.10. The summed E-state index contributed by atoms with van der Waals surface area (Å²) in [5.74, 6) is -0.211. The Morgan fingerprint density at radius 1 is 1.10 bits per heavy atom. The molecule has 3 N–H and O–H groups in total. The molecule has 0 unspecified atom stereocenters. The third-order valence-electron chi connectivity index (χ3n) is 4.11. The lowest BCUT2D eigenvalue weighted by atomic mass is 10.1. The van der Waals surface area contributed by atoms with E-state index in [1.807, 2.05) is 47.1 Å². The highest BCUT2D eigenvalue weighted by molar-refractivity contribution is 6.27. The minimum atomic E-state index is -1.82. The monoisotopic (exact) mass is 421 g/mol. The molecule has 3 aromatic rings. The van der Waals surface area contributed by atoms with Crippen LogP contribution in [0.2, 0.25) is 0 Å². The molecule has 8 nitrogen and oxygen atoms in total. The van der Waals surface area contributed by atoms with Gasteiger partial charge in [-0.25, -0.2) is 9.59 Å². The largest absolute Gasteiger partial charge is 0.497 e. The molecule has 0 bridgehead atoms. The van der Waals surface area contributed by atoms with Crippen molar-refractivity contribution in [1.29, 1.82) is 0 Å². The van der Waals surface area contributed by atoms with E-state index in [1.54, 1.807) is 7.11 Å². The molecule has 160 valence electrons. The van der Waals surface area contributed by atoms with E-state index in [2.05, 4.69) is 29.6 Å². The molecule has 0 spiro atoms. The lowest BCUT2D eigenvalue weighted by molar-refractivity contribution is -0.159. The van der Waals surface area contributed by atoms with E-state index in [1.165, 1.54) is 5.56 Å². The summed E-state index contributed by atoms with van der Waals surface area (Å²) in [5.41, 5.74) is 4.36. The highest BCUT2D eigenvalue weighted by atomic mass is 16.5. The second-order valence-corrected chi connectivity index (χ2v) is 6.33. The van der Waals surface area contributed by atoms with Gasteiger partial charge in [-0.05, 0) is 29.8 Å². The van der Waals surface area contributed by atoms with Gasteiger partial charge in [0.2, 0.25) is 0 Å². The van der Waals surface area contributed by atoms with Crippen molar-refractivity contribution in [3.05, 3.63) is 71.9 Å². The molecular formula is C23H23N3O5. The van der Waals surface area contributed by atoms with Crippen LogP contribution in [0.4, 0.5) is 0 Å². The van der Waals surface area contributed by atoms with E-state index >= 15 is 0 Å². The van der Waals surface area contributed by atoms with Crippen molar-refractivity contribution in [3.8, 4) is 29.4 Å². The van der Waals surface area contributed by atoms with E-state index in [0.717, 1.165) is 29.1 Å². The molecule has 0 saturated heterocycles. The summed E-state index contributed by atoms with van der Waals surface area (Å²) < 4.78 is 7.21. The molecule has 0 atom stereocenters. The first-order valence-electron chi connectivity index (χ1n) is 9.29. The average molecular weight is 421 g/mol. The SMILES string of the molecule is C#CCNCc1cn(Cc2ccccc2)nc1-c1ccc(OC)cc1.O=C(O)C(=O)O. The van der Waals surface area contributed by atoms with Crippen molar-refractivity contribution < 1.29 is 24.5 Å². The zero-order valence-electron chi connectivity index (χ0n) is 17.0. The Kier molecular flexibility index (Phi) is 8.83. The fraction of sp³-hybridized carbons (Fsp3) is 0.174. The predicted octanol–water partition coefficient (Wildman–Crippen LogP) is 2.49. The van der Waals surface area contributed by atoms with Gasteiger partial charge in [0.25, 0.3) is 0 Å². The summed E-state index contributed by atoms with van der Waals surface area (Å²) in [6, 6.07) is 18.3. The first kappa shape index (κ1) is 23.2. The molecule has 1 heterocycles. The van der Waals surface area contributed by atoms with Crippen molar-refractivity contribution in [1.82, 2.24) is 15.1 Å². The summed E-state index contributed by atoms with van der Waals surface area (Å²) in [4.78, 5) is 18.2. The number of aromatic nitrogens is 2. The quantitative estimate of drug-likeness (QED) is 0.305. The standard InChI is InChI=1S/C21H21N3O.C2H2O4/c1-3-13-22-14-19-16-24(15-17-7-5-4-6-8-17)23-21(19)18-9-11-20(25-2)12-10-18;3-1(4)2(5)6/h1,4-12,16,22H,13-15H2,2H3;(H,3,4)(H,5,6). The molecule has 2 aromatic carbocycles. The number of carbonyl (C=O) groups is 2. The summed E-state index contributed by atoms with van der Waals surface area (Å²) in [5, 5.41) is 22.8. The van der Waals surface area contributed by atoms with Crippen molar-refractivity contribution >= 4 is 11.9 Å². The smallest absolute Gasteiger partial charge is 0.414 e. The van der Waals surface area contributed by atoms with Crippen LogP contribution < -0.4 is 10.1 Å². The summed E-state index contributed by atoms with van der Waals surface area (Å²) >= 11 is 0. The third kappa shape index (κ3) is 7.34. The number of nitrogens with zero attached hydrogens (tertiary/aromatic N) is 2. The van der Waals surface area contributed by atoms with Gasteiger partial charge in [0.05, 0.1) is 25.9 Å². The lowest BCUT2D eigenvalue weighted by Gasteiger charge is -2.04. The molecule has 8 heteroatoms. The van der Waals surface area contributed by atoms with Crippen LogP contribution in [0.1, 0.15) is 11.1 Å². The Morgan fingerprint density at radius 2 is 1.74 bits per heavy atom. The Bertz CT molecular complexity index is 1030. The number of ether oxygens (including phenoxy) is 1. The molecule has 3 rings (SSSR count). The second kappa shape index (κ2) is 11.8. The molecule has 1 aromatic heterocycles. The maximum absolute atomic E-state index is 9.10. The molecular weight excluding hydrogens is 398 g/mol. The molecule has 0 saturated carbocycles. The van der Waals surface area contributed by atoms with Crippen molar-refractivity contribution in [2.75, 3.05) is 13.7 Å². The molecule has 0 aliphatic heterocycles. The minimum Gasteiger partial charge on any atom is -0.497 e. The van der Waals surface area contributed by atoms with Gasteiger partial charge in [-0.3, -0.25) is 4.68 Å². The number of aliphatic carboxylic acids is 2. The number of carboxylic acids is 2. The Balaban J connectivity index is 0.000000501. The van der Waals surface area contributed by atoms with Gasteiger partial charge in [0.1, 0.15) is 5.75 Å². The highest BCUT2D eigenvalue weighted by Gasteiger charge is 2.11. The van der Waals surface area contributed by atoms with E-state index in [9.17, 15) is 0 Å². The summed E-state index contributed by atoms with van der Waals surface area (Å²) in [6.45, 7) is 1.95. The molecule has 0 amide bonds. The molecule has 0 fully saturated rings. The number of nitrogens with one attached hydrogen (secondary N) is 1. The van der Waals surface area contributed by atoms with Crippen LogP contribution in [0.5, 0.6) is 5.75 Å². The van der Waals surface area contributed by atoms with Crippen molar-refractivity contribution in [2.24, 2.45) is 0 Å². The van der Waals surface area contributed by atoms with Gasteiger partial charge >= 0.3 is 11.9 Å². The van der Waals surface area contributed by atoms with Crippen LogP contribution in [0.25, 0.3) is 11.3 Å². The number of terminal acetylenes is 1. The fourth-order valence-corrected chi connectivity index (χ4v) is 2.70. The molecule has 31 heavy (non-hydrogen) atoms. The van der Waals surface area contributed by atoms with Gasteiger partial charge in [0.15, 0.2) is 0 Å². The highest BCUT2D eigenvalue weighted by Crippen LogP contribution is 2.25. The fourth-order valence-electron chi connectivity index (χ4n) is 2.70. The van der Waals surface area contributed by atoms with E-state index in [4.69, 9.17) is 36.1 Å². The zero-order chi connectivity index (χ0) is 22.6. The molecule has 0 aliphatic carbocycles. The number of benzene rings is 2. The molecule has 0 radical (unpaired) electrons. The van der Waals surface area contributed by atoms with Gasteiger partial charge in [-0.2, -0.15) is 5.10 Å². The Morgan fingerprint density at radius 3 is 2.29 bits per heavy atom. The maximum Gasteiger partial charge on any atom is 0.414 e. The topological polar surface area (TPSA) is 114 Å². The Labute approximate surface area is 180 Å². The number of methoxy groups -OCH3 is 1. The minimum absolute atomic E-state index is 0.534. The summed E-state index contributed by atoms with van der Waals surface area (Å²) in [7, 11) is 1.67. The molecule has 0 aliphatic rings. The number of carboxylic acid groups (broad SMARTS) is 2. The van der Waals surface area contributed by atoms with Crippen LogP contribution in [-0.2, 0) is 22.7 Å². The van der Waals surface area contributed by atoms with Crippen LogP contribution in [-0.4, -0.2) is 45.6 Å². The van der Waals surface area contributed by atoms with Gasteiger partial charge in [-0.1, -0.05) is 36.3 Å². The Hall–Kier alpha value is -4.09. The third-order valence-corrected chi connectivity index (χ3v) is 4.11. The average Bonchev–Trinajstić information content (AvgIpc) is 3.17. The number of hydrogen-bond donors (Lipinski definition) is 3. The number of rotatable bonds is 7. The van der Waals surface area contributed by atoms with E-state index < -0.39 is 11.9 Å². The number of hydrogen-bond acceptors (Lipinski definition) is 5. The zero-order valence-corrected chi connectivity index (χ0v) is 17.0. The van der Waals surface area contributed by atoms with Crippen LogP contribution in [0.3, 0.4) is 0 Å². The first-order valence-corrected chi connectivity index (χ1v) is 9.29. The predicted molar refractivity (Wildman–Crippen MR) is 116 cm³/mol. The lowest BCUT2D eigenvalue weighted by Crippen LogP contribution is -2.13. The van der Waals surface area contributed by atoms with Crippen LogP contribution >= 0.6 is 0 Å². The van der Waals surface area contributed by atoms with Crippen LogP contribution in [0, 0.1) is 12.3 Å². The van der Waals surface area contributed by atoms with Crippen molar-refractivity contribution in [3.63, 3.8) is 0 Å². The first-order chi connectivity index (χ1) is 14.9. The normalized spacial score (nSPS) is 9.81. The van der Waals surface area contributed by atoms with Gasteiger partial charge in [0, 0.05) is 23.9 Å². The second-order valence-electron chi connectivity index (χ2n) is 6.33. The van der Waals surface area contributed by atoms with Crippen LogP contribution in [0.15, 0.2) is 60.8 Å². The summed E-state index contributed by atoms with van der Waals surface area (Å²) in [6.07, 6.45) is 7.41. The van der Waals surface area contributed by atoms with Gasteiger partial charge < -0.3 is 20.3 Å². The van der Waals surface area contributed by atoms with Crippen molar-refractivity contribution in [2.45, 2.75) is 13.1 Å². The van der Waals surface area contributed by atoms with Gasteiger partial charge in [-0.15, -0.1) is 6.42 Å².